The average Bonchev–Trinajstić information content (AvgIpc) is 3.35. The van der Waals surface area contributed by atoms with Gasteiger partial charge in [-0.25, -0.2) is 4.68 Å². The lowest BCUT2D eigenvalue weighted by molar-refractivity contribution is 0.0664. The molecule has 1 aromatic carbocycles. The van der Waals surface area contributed by atoms with Crippen molar-refractivity contribution in [1.82, 2.24) is 19.6 Å². The number of rotatable bonds is 3. The lowest BCUT2D eigenvalue weighted by atomic mass is 10.0. The van der Waals surface area contributed by atoms with Gasteiger partial charge in [0.15, 0.2) is 0 Å². The van der Waals surface area contributed by atoms with Crippen molar-refractivity contribution in [2.75, 3.05) is 20.1 Å². The maximum absolute atomic E-state index is 13.1. The smallest absolute Gasteiger partial charge is 0.254 e. The second kappa shape index (κ2) is 6.64. The fraction of sp³-hybridized carbons (Fsp3) is 0.500. The van der Waals surface area contributed by atoms with Crippen molar-refractivity contribution in [2.24, 2.45) is 0 Å². The van der Waals surface area contributed by atoms with Crippen LogP contribution in [-0.4, -0.2) is 57.7 Å². The summed E-state index contributed by atoms with van der Waals surface area (Å²) in [7, 11) is 2.19. The number of likely N-dealkylation sites (tertiary alicyclic amines) is 2. The summed E-state index contributed by atoms with van der Waals surface area (Å²) in [6.07, 6.45) is 6.65. The van der Waals surface area contributed by atoms with Crippen LogP contribution in [0.2, 0.25) is 0 Å². The Morgan fingerprint density at radius 2 is 1.76 bits per heavy atom. The summed E-state index contributed by atoms with van der Waals surface area (Å²) < 4.78 is 1.84. The van der Waals surface area contributed by atoms with Crippen LogP contribution in [-0.2, 0) is 0 Å². The Morgan fingerprint density at radius 3 is 2.40 bits per heavy atom. The largest absolute Gasteiger partial charge is 0.334 e. The maximum Gasteiger partial charge on any atom is 0.254 e. The third-order valence-electron chi connectivity index (χ3n) is 5.68. The average molecular weight is 338 g/mol. The van der Waals surface area contributed by atoms with Crippen LogP contribution in [0.1, 0.15) is 41.7 Å². The van der Waals surface area contributed by atoms with Crippen LogP contribution in [0, 0.1) is 6.92 Å². The Morgan fingerprint density at radius 1 is 1.04 bits per heavy atom. The lowest BCUT2D eigenvalue weighted by Crippen LogP contribution is -2.47. The minimum atomic E-state index is 0.172. The first-order chi connectivity index (χ1) is 12.1. The molecule has 2 atom stereocenters. The van der Waals surface area contributed by atoms with Gasteiger partial charge in [-0.3, -0.25) is 4.79 Å². The van der Waals surface area contributed by atoms with E-state index in [9.17, 15) is 4.79 Å². The maximum atomic E-state index is 13.1. The van der Waals surface area contributed by atoms with E-state index in [2.05, 4.69) is 21.9 Å². The van der Waals surface area contributed by atoms with Crippen molar-refractivity contribution in [3.05, 3.63) is 47.8 Å². The lowest BCUT2D eigenvalue weighted by Gasteiger charge is -2.33. The topological polar surface area (TPSA) is 41.4 Å². The molecule has 132 valence electrons. The van der Waals surface area contributed by atoms with Crippen molar-refractivity contribution in [3.63, 3.8) is 0 Å². The van der Waals surface area contributed by atoms with Gasteiger partial charge in [0.2, 0.25) is 0 Å². The van der Waals surface area contributed by atoms with Gasteiger partial charge < -0.3 is 9.80 Å². The van der Waals surface area contributed by atoms with E-state index in [1.165, 1.54) is 12.8 Å². The molecule has 0 aliphatic carbocycles. The van der Waals surface area contributed by atoms with Crippen LogP contribution in [0.3, 0.4) is 0 Å². The van der Waals surface area contributed by atoms with Crippen LogP contribution >= 0.6 is 0 Å². The fourth-order valence-corrected chi connectivity index (χ4v) is 4.35. The molecule has 2 fully saturated rings. The Kier molecular flexibility index (Phi) is 4.34. The number of hydrogen-bond acceptors (Lipinski definition) is 3. The molecule has 4 rings (SSSR count). The molecular weight excluding hydrogens is 312 g/mol. The standard InChI is InChI=1S/C20H26N4O/c1-15-11-14-24(21-15)17-9-7-16(8-10-17)20(25)23-13-4-6-19(23)18-5-3-12-22(18)2/h7-11,14,18-19H,3-6,12-13H2,1-2H3/t18-,19-/m0/s1. The highest BCUT2D eigenvalue weighted by molar-refractivity contribution is 5.94. The van der Waals surface area contributed by atoms with Crippen LogP contribution in [0.15, 0.2) is 36.5 Å². The Balaban J connectivity index is 1.52. The third-order valence-corrected chi connectivity index (χ3v) is 5.68. The van der Waals surface area contributed by atoms with Crippen LogP contribution in [0.4, 0.5) is 0 Å². The summed E-state index contributed by atoms with van der Waals surface area (Å²) >= 11 is 0. The molecule has 0 saturated carbocycles. The van der Waals surface area contributed by atoms with E-state index < -0.39 is 0 Å². The summed E-state index contributed by atoms with van der Waals surface area (Å²) in [4.78, 5) is 17.6. The Bertz CT molecular complexity index is 751. The molecule has 0 bridgehead atoms. The van der Waals surface area contributed by atoms with Crippen molar-refractivity contribution in [3.8, 4) is 5.69 Å². The number of nitrogens with zero attached hydrogens (tertiary/aromatic N) is 4. The fourth-order valence-electron chi connectivity index (χ4n) is 4.35. The summed E-state index contributed by atoms with van der Waals surface area (Å²) in [5, 5.41) is 4.42. The van der Waals surface area contributed by atoms with Gasteiger partial charge in [-0.15, -0.1) is 0 Å². The highest BCUT2D eigenvalue weighted by Crippen LogP contribution is 2.30. The van der Waals surface area contributed by atoms with Gasteiger partial charge in [0.1, 0.15) is 0 Å². The van der Waals surface area contributed by atoms with Gasteiger partial charge in [0.05, 0.1) is 11.4 Å². The zero-order valence-corrected chi connectivity index (χ0v) is 15.1. The van der Waals surface area contributed by atoms with E-state index in [0.717, 1.165) is 42.9 Å². The predicted octanol–water partition coefficient (Wildman–Crippen LogP) is 2.88. The summed E-state index contributed by atoms with van der Waals surface area (Å²) in [5.41, 5.74) is 2.75. The summed E-state index contributed by atoms with van der Waals surface area (Å²) in [6.45, 7) is 4.01. The second-order valence-corrected chi connectivity index (χ2v) is 7.35. The first kappa shape index (κ1) is 16.3. The molecular formula is C20H26N4O. The van der Waals surface area contributed by atoms with Crippen molar-refractivity contribution in [1.29, 1.82) is 0 Å². The van der Waals surface area contributed by atoms with Crippen molar-refractivity contribution < 1.29 is 4.79 Å². The predicted molar refractivity (Wildman–Crippen MR) is 98.0 cm³/mol. The third kappa shape index (κ3) is 3.09. The zero-order chi connectivity index (χ0) is 17.4. The first-order valence-electron chi connectivity index (χ1n) is 9.27. The number of carbonyl (C=O) groups excluding carboxylic acids is 1. The van der Waals surface area contributed by atoms with Gasteiger partial charge in [0, 0.05) is 30.4 Å². The molecule has 5 heteroatoms. The SMILES string of the molecule is Cc1ccn(-c2ccc(C(=O)N3CCC[C@H]3[C@@H]3CCCN3C)cc2)n1. The Hall–Kier alpha value is -2.14. The number of aromatic nitrogens is 2. The number of hydrogen-bond donors (Lipinski definition) is 0. The van der Waals surface area contributed by atoms with Gasteiger partial charge in [-0.2, -0.15) is 5.10 Å². The number of benzene rings is 1. The van der Waals surface area contributed by atoms with Crippen LogP contribution in [0.5, 0.6) is 0 Å². The minimum absolute atomic E-state index is 0.172. The summed E-state index contributed by atoms with van der Waals surface area (Å²) in [6, 6.07) is 10.7. The molecule has 0 radical (unpaired) electrons. The summed E-state index contributed by atoms with van der Waals surface area (Å²) in [5.74, 6) is 0.172. The van der Waals surface area contributed by atoms with E-state index in [-0.39, 0.29) is 5.91 Å². The molecule has 3 heterocycles. The molecule has 2 saturated heterocycles. The molecule has 0 spiro atoms. The molecule has 25 heavy (non-hydrogen) atoms. The quantitative estimate of drug-likeness (QED) is 0.864. The number of amides is 1. The Labute approximate surface area is 149 Å². The molecule has 2 aliphatic heterocycles. The van der Waals surface area contributed by atoms with Gasteiger partial charge in [0.25, 0.3) is 5.91 Å². The van der Waals surface area contributed by atoms with Crippen molar-refractivity contribution >= 4 is 5.91 Å². The highest BCUT2D eigenvalue weighted by atomic mass is 16.2. The molecule has 5 nitrogen and oxygen atoms in total. The first-order valence-corrected chi connectivity index (χ1v) is 9.27. The van der Waals surface area contributed by atoms with E-state index in [1.807, 2.05) is 48.1 Å². The monoisotopic (exact) mass is 338 g/mol. The number of aryl methyl sites for hydroxylation is 1. The van der Waals surface area contributed by atoms with E-state index >= 15 is 0 Å². The van der Waals surface area contributed by atoms with E-state index in [1.54, 1.807) is 0 Å². The number of carbonyl (C=O) groups is 1. The minimum Gasteiger partial charge on any atom is -0.334 e. The zero-order valence-electron chi connectivity index (χ0n) is 15.1. The molecule has 1 amide bonds. The second-order valence-electron chi connectivity index (χ2n) is 7.35. The van der Waals surface area contributed by atoms with Gasteiger partial charge >= 0.3 is 0 Å². The molecule has 2 aromatic rings. The van der Waals surface area contributed by atoms with Gasteiger partial charge in [-0.1, -0.05) is 0 Å². The molecule has 1 aromatic heterocycles. The number of likely N-dealkylation sites (N-methyl/N-ethyl adjacent to an activating group) is 1. The molecule has 0 N–H and O–H groups in total. The molecule has 2 aliphatic rings. The highest BCUT2D eigenvalue weighted by Gasteiger charge is 2.38. The molecule has 0 unspecified atom stereocenters. The normalized spacial score (nSPS) is 24.2. The van der Waals surface area contributed by atoms with Gasteiger partial charge in [-0.05, 0) is 76.5 Å². The van der Waals surface area contributed by atoms with Crippen molar-refractivity contribution in [2.45, 2.75) is 44.7 Å². The van der Waals surface area contributed by atoms with Crippen LogP contribution < -0.4 is 0 Å². The van der Waals surface area contributed by atoms with Crippen LogP contribution in [0.25, 0.3) is 5.69 Å². The van der Waals surface area contributed by atoms with E-state index in [4.69, 9.17) is 0 Å². The van der Waals surface area contributed by atoms with E-state index in [0.29, 0.717) is 12.1 Å².